The fraction of sp³-hybridized carbons (Fsp3) is 0.800. The van der Waals surface area contributed by atoms with Crippen LogP contribution >= 0.6 is 31.9 Å². The van der Waals surface area contributed by atoms with Crippen LogP contribution in [0.3, 0.4) is 0 Å². The highest BCUT2D eigenvalue weighted by atomic mass is 79.9. The number of carboxylic acid groups (broad SMARTS) is 1. The van der Waals surface area contributed by atoms with Crippen molar-refractivity contribution in [2.75, 3.05) is 0 Å². The largest absolute Gasteiger partial charge is 0.481 e. The molecule has 5 heteroatoms. The Morgan fingerprint density at radius 2 is 2.00 bits per heavy atom. The van der Waals surface area contributed by atoms with Crippen LogP contribution in [0.4, 0.5) is 0 Å². The number of hydrogen-bond acceptors (Lipinski definition) is 2. The lowest BCUT2D eigenvalue weighted by molar-refractivity contribution is -0.158. The van der Waals surface area contributed by atoms with E-state index < -0.39 is 21.1 Å². The molecule has 0 aliphatic heterocycles. The zero-order valence-corrected chi connectivity index (χ0v) is 11.7. The van der Waals surface area contributed by atoms with Gasteiger partial charge in [0.2, 0.25) is 0 Å². The second-order valence-corrected chi connectivity index (χ2v) is 7.29. The predicted octanol–water partition coefficient (Wildman–Crippen LogP) is 2.36. The number of alkyl halides is 2. The first kappa shape index (κ1) is 11.6. The number of Topliss-reactive ketones (excluding diaryl/α,β-unsaturated/α-hetero) is 1. The van der Waals surface area contributed by atoms with Crippen LogP contribution in [-0.4, -0.2) is 26.0 Å². The number of carboxylic acids is 1. The monoisotopic (exact) mass is 338 g/mol. The van der Waals surface area contributed by atoms with E-state index in [1.165, 1.54) is 0 Å². The van der Waals surface area contributed by atoms with Crippen molar-refractivity contribution in [1.29, 1.82) is 0 Å². The summed E-state index contributed by atoms with van der Waals surface area (Å²) in [5.41, 5.74) is -1.78. The van der Waals surface area contributed by atoms with Crippen LogP contribution in [0.1, 0.15) is 26.7 Å². The first-order valence-corrected chi connectivity index (χ1v) is 6.53. The van der Waals surface area contributed by atoms with E-state index in [1.54, 1.807) is 13.8 Å². The Hall–Kier alpha value is 0.1000. The van der Waals surface area contributed by atoms with Gasteiger partial charge >= 0.3 is 5.97 Å². The Bertz CT molecular complexity index is 366. The lowest BCUT2D eigenvalue weighted by Crippen LogP contribution is -2.47. The number of rotatable bonds is 1. The smallest absolute Gasteiger partial charge is 0.311 e. The average Bonchev–Trinajstić information content (AvgIpc) is 2.45. The van der Waals surface area contributed by atoms with E-state index in [2.05, 4.69) is 31.9 Å². The van der Waals surface area contributed by atoms with Crippen molar-refractivity contribution in [2.24, 2.45) is 10.8 Å². The molecule has 3 nitrogen and oxygen atoms in total. The van der Waals surface area contributed by atoms with E-state index in [4.69, 9.17) is 0 Å². The quantitative estimate of drug-likeness (QED) is 0.746. The topological polar surface area (TPSA) is 54.4 Å². The van der Waals surface area contributed by atoms with Crippen molar-refractivity contribution in [1.82, 2.24) is 0 Å². The standard InChI is InChI=1S/C10H12Br2O3/c1-8(2)6(13)10(12)4-3-9(8,5(10)11)7(14)15/h5H,3-4H2,1-2H3,(H,14,15). The molecule has 2 rings (SSSR count). The molecule has 0 aromatic carbocycles. The molecule has 2 aliphatic rings. The van der Waals surface area contributed by atoms with Gasteiger partial charge in [0.05, 0.1) is 14.6 Å². The summed E-state index contributed by atoms with van der Waals surface area (Å²) in [6.07, 6.45) is 1.14. The average molecular weight is 340 g/mol. The number of hydrogen-bond donors (Lipinski definition) is 1. The molecule has 2 fully saturated rings. The molecule has 84 valence electrons. The fourth-order valence-electron chi connectivity index (χ4n) is 3.09. The van der Waals surface area contributed by atoms with Gasteiger partial charge in [-0.1, -0.05) is 45.7 Å². The minimum absolute atomic E-state index is 0.00512. The molecule has 3 atom stereocenters. The Morgan fingerprint density at radius 3 is 2.27 bits per heavy atom. The maximum atomic E-state index is 12.2. The number of halogens is 2. The summed E-state index contributed by atoms with van der Waals surface area (Å²) in [4.78, 5) is 23.4. The minimum atomic E-state index is -0.965. The second-order valence-electron chi connectivity index (χ2n) is 4.96. The zero-order valence-electron chi connectivity index (χ0n) is 8.51. The molecule has 0 heterocycles. The number of ketones is 1. The predicted molar refractivity (Wildman–Crippen MR) is 62.5 cm³/mol. The van der Waals surface area contributed by atoms with Crippen molar-refractivity contribution in [3.8, 4) is 0 Å². The third-order valence-electron chi connectivity index (χ3n) is 4.16. The van der Waals surface area contributed by atoms with Gasteiger partial charge in [-0.15, -0.1) is 0 Å². The van der Waals surface area contributed by atoms with Crippen molar-refractivity contribution < 1.29 is 14.7 Å². The molecule has 0 saturated heterocycles. The number of fused-ring (bicyclic) bond motifs is 2. The first-order chi connectivity index (χ1) is 6.71. The van der Waals surface area contributed by atoms with Gasteiger partial charge in [0, 0.05) is 5.41 Å². The zero-order chi connectivity index (χ0) is 11.6. The third-order valence-corrected chi connectivity index (χ3v) is 7.55. The van der Waals surface area contributed by atoms with Crippen LogP contribution in [0.5, 0.6) is 0 Å². The molecule has 0 aromatic heterocycles. The van der Waals surface area contributed by atoms with E-state index >= 15 is 0 Å². The van der Waals surface area contributed by atoms with E-state index in [1.807, 2.05) is 0 Å². The number of carbonyl (C=O) groups is 2. The van der Waals surface area contributed by atoms with Gasteiger partial charge in [0.1, 0.15) is 0 Å². The summed E-state index contributed by atoms with van der Waals surface area (Å²) in [5.74, 6) is -0.868. The first-order valence-electron chi connectivity index (χ1n) is 4.82. The Morgan fingerprint density at radius 1 is 1.47 bits per heavy atom. The second kappa shape index (κ2) is 2.86. The molecular weight excluding hydrogens is 328 g/mol. The highest BCUT2D eigenvalue weighted by Crippen LogP contribution is 2.69. The maximum absolute atomic E-state index is 12.2. The van der Waals surface area contributed by atoms with Crippen LogP contribution in [0.15, 0.2) is 0 Å². The van der Waals surface area contributed by atoms with Crippen LogP contribution in [0, 0.1) is 10.8 Å². The molecule has 1 N–H and O–H groups in total. The molecule has 15 heavy (non-hydrogen) atoms. The molecular formula is C10H12Br2O3. The SMILES string of the molecule is CC1(C)C(=O)C2(Br)CCC1(C(=O)O)C2Br. The maximum Gasteiger partial charge on any atom is 0.311 e. The van der Waals surface area contributed by atoms with Gasteiger partial charge in [-0.2, -0.15) is 0 Å². The fourth-order valence-corrected chi connectivity index (χ4v) is 5.60. The van der Waals surface area contributed by atoms with Crippen LogP contribution in [0.2, 0.25) is 0 Å². The lowest BCUT2D eigenvalue weighted by Gasteiger charge is -2.37. The van der Waals surface area contributed by atoms with Crippen molar-refractivity contribution >= 4 is 43.6 Å². The molecule has 3 unspecified atom stereocenters. The van der Waals surface area contributed by atoms with E-state index in [0.29, 0.717) is 12.8 Å². The van der Waals surface area contributed by atoms with Gasteiger partial charge < -0.3 is 5.11 Å². The van der Waals surface area contributed by atoms with Crippen molar-refractivity contribution in [2.45, 2.75) is 35.8 Å². The molecule has 2 saturated carbocycles. The van der Waals surface area contributed by atoms with Crippen molar-refractivity contribution in [3.63, 3.8) is 0 Å². The number of aliphatic carboxylic acids is 1. The molecule has 0 spiro atoms. The van der Waals surface area contributed by atoms with Gasteiger partial charge in [-0.05, 0) is 12.8 Å². The minimum Gasteiger partial charge on any atom is -0.481 e. The van der Waals surface area contributed by atoms with Crippen LogP contribution in [0.25, 0.3) is 0 Å². The summed E-state index contributed by atoms with van der Waals surface area (Å²) in [5, 5.41) is 9.43. The van der Waals surface area contributed by atoms with E-state index in [9.17, 15) is 14.7 Å². The summed E-state index contributed by atoms with van der Waals surface area (Å²) in [6.45, 7) is 3.47. The van der Waals surface area contributed by atoms with Crippen LogP contribution in [-0.2, 0) is 9.59 Å². The molecule has 2 aliphatic carbocycles. The van der Waals surface area contributed by atoms with Crippen LogP contribution < -0.4 is 0 Å². The third kappa shape index (κ3) is 0.971. The van der Waals surface area contributed by atoms with Gasteiger partial charge in [-0.25, -0.2) is 0 Å². The van der Waals surface area contributed by atoms with Gasteiger partial charge in [0.15, 0.2) is 5.78 Å². The Kier molecular flexibility index (Phi) is 2.21. The summed E-state index contributed by atoms with van der Waals surface area (Å²) in [6, 6.07) is 0. The molecule has 0 aromatic rings. The normalized spacial score (nSPS) is 47.2. The highest BCUT2D eigenvalue weighted by Gasteiger charge is 2.77. The molecule has 2 bridgehead atoms. The summed E-state index contributed by atoms with van der Waals surface area (Å²) >= 11 is 6.85. The van der Waals surface area contributed by atoms with E-state index in [-0.39, 0.29) is 10.6 Å². The summed E-state index contributed by atoms with van der Waals surface area (Å²) in [7, 11) is 0. The highest BCUT2D eigenvalue weighted by molar-refractivity contribution is 9.13. The van der Waals surface area contributed by atoms with Gasteiger partial charge in [0.25, 0.3) is 0 Å². The molecule has 0 radical (unpaired) electrons. The Labute approximate surface area is 105 Å². The molecule has 0 amide bonds. The van der Waals surface area contributed by atoms with E-state index in [0.717, 1.165) is 0 Å². The van der Waals surface area contributed by atoms with Crippen molar-refractivity contribution in [3.05, 3.63) is 0 Å². The van der Waals surface area contributed by atoms with Gasteiger partial charge in [-0.3, -0.25) is 9.59 Å². The Balaban J connectivity index is 2.66. The summed E-state index contributed by atoms with van der Waals surface area (Å²) < 4.78 is -0.686. The lowest BCUT2D eigenvalue weighted by atomic mass is 9.64. The number of carbonyl (C=O) groups excluding carboxylic acids is 1.